The molecular weight excluding hydrogens is 332 g/mol. The van der Waals surface area contributed by atoms with Crippen molar-refractivity contribution in [2.45, 2.75) is 13.0 Å². The molecule has 2 aromatic rings. The molecule has 0 saturated heterocycles. The summed E-state index contributed by atoms with van der Waals surface area (Å²) in [6, 6.07) is 13.3. The highest BCUT2D eigenvalue weighted by Crippen LogP contribution is 2.27. The number of nitrogens with zero attached hydrogens (tertiary/aromatic N) is 1. The molecule has 0 aliphatic heterocycles. The molecule has 0 fully saturated rings. The lowest BCUT2D eigenvalue weighted by atomic mass is 10.0. The normalized spacial score (nSPS) is 10.4. The van der Waals surface area contributed by atoms with Crippen molar-refractivity contribution >= 4 is 33.3 Å². The zero-order chi connectivity index (χ0) is 15.4. The molecule has 0 saturated carbocycles. The Morgan fingerprint density at radius 1 is 1.24 bits per heavy atom. The SMILES string of the molecule is CN(Cc1ccccc1CC(=O)O)c1ccc(Br)cc1N. The molecule has 0 aliphatic rings. The maximum Gasteiger partial charge on any atom is 0.307 e. The van der Waals surface area contributed by atoms with Crippen molar-refractivity contribution in [3.63, 3.8) is 0 Å². The van der Waals surface area contributed by atoms with E-state index in [0.717, 1.165) is 21.3 Å². The summed E-state index contributed by atoms with van der Waals surface area (Å²) in [6.07, 6.45) is 0.0276. The maximum absolute atomic E-state index is 10.9. The summed E-state index contributed by atoms with van der Waals surface area (Å²) in [4.78, 5) is 12.9. The first-order chi connectivity index (χ1) is 9.97. The van der Waals surface area contributed by atoms with Crippen molar-refractivity contribution in [2.75, 3.05) is 17.7 Å². The Balaban J connectivity index is 2.23. The van der Waals surface area contributed by atoms with Crippen LogP contribution in [-0.4, -0.2) is 18.1 Å². The number of carboxylic acid groups (broad SMARTS) is 1. The van der Waals surface area contributed by atoms with Crippen LogP contribution in [0.25, 0.3) is 0 Å². The van der Waals surface area contributed by atoms with Crippen LogP contribution in [0, 0.1) is 0 Å². The molecule has 0 aromatic heterocycles. The average Bonchev–Trinajstić information content (AvgIpc) is 2.40. The zero-order valence-electron chi connectivity index (χ0n) is 11.7. The quantitative estimate of drug-likeness (QED) is 0.813. The minimum absolute atomic E-state index is 0.0276. The predicted molar refractivity (Wildman–Crippen MR) is 88.4 cm³/mol. The van der Waals surface area contributed by atoms with Gasteiger partial charge in [0.2, 0.25) is 0 Å². The number of nitrogen functional groups attached to an aromatic ring is 1. The largest absolute Gasteiger partial charge is 0.481 e. The van der Waals surface area contributed by atoms with Crippen molar-refractivity contribution < 1.29 is 9.90 Å². The van der Waals surface area contributed by atoms with Gasteiger partial charge in [0.15, 0.2) is 0 Å². The second-order valence-corrected chi connectivity index (χ2v) is 5.81. The van der Waals surface area contributed by atoms with Crippen molar-refractivity contribution in [3.05, 3.63) is 58.1 Å². The van der Waals surface area contributed by atoms with E-state index in [1.807, 2.05) is 54.4 Å². The third kappa shape index (κ3) is 3.98. The molecule has 0 atom stereocenters. The van der Waals surface area contributed by atoms with Crippen LogP contribution in [0.4, 0.5) is 11.4 Å². The highest BCUT2D eigenvalue weighted by atomic mass is 79.9. The summed E-state index contributed by atoms with van der Waals surface area (Å²) < 4.78 is 0.934. The first-order valence-electron chi connectivity index (χ1n) is 6.52. The van der Waals surface area contributed by atoms with Gasteiger partial charge in [0.1, 0.15) is 0 Å². The van der Waals surface area contributed by atoms with Crippen LogP contribution in [0.15, 0.2) is 46.9 Å². The van der Waals surface area contributed by atoms with Gasteiger partial charge >= 0.3 is 5.97 Å². The first-order valence-corrected chi connectivity index (χ1v) is 7.31. The molecule has 0 heterocycles. The smallest absolute Gasteiger partial charge is 0.307 e. The predicted octanol–water partition coefficient (Wildman–Crippen LogP) is 3.29. The molecule has 4 nitrogen and oxygen atoms in total. The highest BCUT2D eigenvalue weighted by molar-refractivity contribution is 9.10. The van der Waals surface area contributed by atoms with Gasteiger partial charge in [-0.05, 0) is 29.3 Å². The van der Waals surface area contributed by atoms with E-state index in [4.69, 9.17) is 10.8 Å². The van der Waals surface area contributed by atoms with Crippen molar-refractivity contribution in [3.8, 4) is 0 Å². The van der Waals surface area contributed by atoms with Crippen LogP contribution in [-0.2, 0) is 17.8 Å². The number of anilines is 2. The van der Waals surface area contributed by atoms with Crippen LogP contribution < -0.4 is 10.6 Å². The molecule has 2 rings (SSSR count). The number of carboxylic acids is 1. The summed E-state index contributed by atoms with van der Waals surface area (Å²) in [5, 5.41) is 8.98. The van der Waals surface area contributed by atoms with E-state index in [2.05, 4.69) is 15.9 Å². The van der Waals surface area contributed by atoms with Gasteiger partial charge in [-0.3, -0.25) is 4.79 Å². The van der Waals surface area contributed by atoms with Gasteiger partial charge in [0.25, 0.3) is 0 Å². The number of nitrogens with two attached hydrogens (primary N) is 1. The average molecular weight is 349 g/mol. The van der Waals surface area contributed by atoms with Crippen molar-refractivity contribution in [2.24, 2.45) is 0 Å². The van der Waals surface area contributed by atoms with Gasteiger partial charge in [0.05, 0.1) is 17.8 Å². The lowest BCUT2D eigenvalue weighted by Gasteiger charge is -2.22. The monoisotopic (exact) mass is 348 g/mol. The molecule has 0 unspecified atom stereocenters. The minimum Gasteiger partial charge on any atom is -0.481 e. The van der Waals surface area contributed by atoms with E-state index in [9.17, 15) is 4.79 Å². The Bertz CT molecular complexity index is 658. The van der Waals surface area contributed by atoms with Crippen LogP contribution in [0.3, 0.4) is 0 Å². The van der Waals surface area contributed by atoms with Gasteiger partial charge in [-0.1, -0.05) is 40.2 Å². The van der Waals surface area contributed by atoms with E-state index in [0.29, 0.717) is 12.2 Å². The van der Waals surface area contributed by atoms with E-state index < -0.39 is 5.97 Å². The standard InChI is InChI=1S/C16H17BrN2O2/c1-19(15-7-6-13(17)9-14(15)18)10-12-5-3-2-4-11(12)8-16(20)21/h2-7,9H,8,10,18H2,1H3,(H,20,21). The molecule has 3 N–H and O–H groups in total. The summed E-state index contributed by atoms with van der Waals surface area (Å²) in [5.74, 6) is -0.826. The third-order valence-corrected chi connectivity index (χ3v) is 3.76. The van der Waals surface area contributed by atoms with Crippen LogP contribution in [0.5, 0.6) is 0 Å². The molecule has 0 radical (unpaired) electrons. The molecule has 0 bridgehead atoms. The topological polar surface area (TPSA) is 66.6 Å². The number of carbonyl (C=O) groups is 1. The molecule has 110 valence electrons. The Morgan fingerprint density at radius 2 is 1.90 bits per heavy atom. The Morgan fingerprint density at radius 3 is 2.52 bits per heavy atom. The van der Waals surface area contributed by atoms with Crippen LogP contribution in [0.1, 0.15) is 11.1 Å². The fraction of sp³-hybridized carbons (Fsp3) is 0.188. The number of benzene rings is 2. The number of hydrogen-bond donors (Lipinski definition) is 2. The number of aliphatic carboxylic acids is 1. The molecular formula is C16H17BrN2O2. The minimum atomic E-state index is -0.826. The molecule has 0 amide bonds. The summed E-state index contributed by atoms with van der Waals surface area (Å²) in [6.45, 7) is 0.606. The number of hydrogen-bond acceptors (Lipinski definition) is 3. The third-order valence-electron chi connectivity index (χ3n) is 3.27. The summed E-state index contributed by atoms with van der Waals surface area (Å²) in [7, 11) is 1.94. The van der Waals surface area contributed by atoms with Gasteiger partial charge in [0, 0.05) is 18.1 Å². The fourth-order valence-corrected chi connectivity index (χ4v) is 2.64. The lowest BCUT2D eigenvalue weighted by Crippen LogP contribution is -2.19. The second kappa shape index (κ2) is 6.63. The number of halogens is 1. The Labute approximate surface area is 132 Å². The highest BCUT2D eigenvalue weighted by Gasteiger charge is 2.11. The summed E-state index contributed by atoms with van der Waals surface area (Å²) in [5.41, 5.74) is 9.45. The van der Waals surface area contributed by atoms with E-state index in [1.54, 1.807) is 0 Å². The fourth-order valence-electron chi connectivity index (χ4n) is 2.26. The van der Waals surface area contributed by atoms with E-state index in [1.165, 1.54) is 0 Å². The van der Waals surface area contributed by atoms with Gasteiger partial charge < -0.3 is 15.7 Å². The lowest BCUT2D eigenvalue weighted by molar-refractivity contribution is -0.136. The van der Waals surface area contributed by atoms with Gasteiger partial charge in [-0.25, -0.2) is 0 Å². The van der Waals surface area contributed by atoms with Crippen molar-refractivity contribution in [1.29, 1.82) is 0 Å². The molecule has 2 aromatic carbocycles. The van der Waals surface area contributed by atoms with Gasteiger partial charge in [-0.2, -0.15) is 0 Å². The van der Waals surface area contributed by atoms with E-state index >= 15 is 0 Å². The summed E-state index contributed by atoms with van der Waals surface area (Å²) >= 11 is 3.39. The van der Waals surface area contributed by atoms with Crippen LogP contribution in [0.2, 0.25) is 0 Å². The van der Waals surface area contributed by atoms with Crippen molar-refractivity contribution in [1.82, 2.24) is 0 Å². The molecule has 21 heavy (non-hydrogen) atoms. The van der Waals surface area contributed by atoms with Gasteiger partial charge in [-0.15, -0.1) is 0 Å². The number of rotatable bonds is 5. The zero-order valence-corrected chi connectivity index (χ0v) is 13.3. The molecule has 5 heteroatoms. The maximum atomic E-state index is 10.9. The molecule has 0 aliphatic carbocycles. The first kappa shape index (κ1) is 15.4. The van der Waals surface area contributed by atoms with E-state index in [-0.39, 0.29) is 6.42 Å². The van der Waals surface area contributed by atoms with Crippen LogP contribution >= 0.6 is 15.9 Å². The Hall–Kier alpha value is -2.01. The second-order valence-electron chi connectivity index (χ2n) is 4.90. The Kier molecular flexibility index (Phi) is 4.85. The molecule has 0 spiro atoms.